The third kappa shape index (κ3) is 6.62. The molecule has 2 aliphatic heterocycles. The SMILES string of the molecule is Cc1ccc(C)n1POc1cc(C(C)(C)C)cc2c1Oc1c(OP3NC4CCCC4Cc4ccccc4O3)cc(C(C)(C)C)cc1C2(C)C. The molecule has 3 aliphatic rings. The van der Waals surface area contributed by atoms with Gasteiger partial charge in [-0.15, -0.1) is 0 Å². The van der Waals surface area contributed by atoms with E-state index in [0.29, 0.717) is 17.7 Å². The van der Waals surface area contributed by atoms with Crippen molar-refractivity contribution >= 4 is 17.5 Å². The Morgan fingerprint density at radius 2 is 1.45 bits per heavy atom. The Bertz CT molecular complexity index is 1860. The minimum atomic E-state index is -1.50. The number of para-hydroxylation sites is 1. The molecule has 0 bridgehead atoms. The fourth-order valence-electron chi connectivity index (χ4n) is 7.39. The summed E-state index contributed by atoms with van der Waals surface area (Å²) in [5.41, 5.74) is 7.69. The molecule has 1 aromatic heterocycles. The fraction of sp³-hybridized carbons (Fsp3) is 0.463. The fourth-order valence-corrected chi connectivity index (χ4v) is 9.59. The van der Waals surface area contributed by atoms with Crippen molar-refractivity contribution < 1.29 is 18.3 Å². The van der Waals surface area contributed by atoms with Crippen molar-refractivity contribution in [3.63, 3.8) is 0 Å². The van der Waals surface area contributed by atoms with Gasteiger partial charge in [0.2, 0.25) is 0 Å². The first-order chi connectivity index (χ1) is 23.1. The Balaban J connectivity index is 1.34. The van der Waals surface area contributed by atoms with Crippen LogP contribution in [-0.2, 0) is 22.7 Å². The Hall–Kier alpha value is -3.04. The number of hydrogen-bond donors (Lipinski definition) is 1. The van der Waals surface area contributed by atoms with E-state index in [0.717, 1.165) is 47.0 Å². The van der Waals surface area contributed by atoms with Gasteiger partial charge in [0, 0.05) is 34.0 Å². The van der Waals surface area contributed by atoms with Crippen LogP contribution in [-0.4, -0.2) is 10.4 Å². The van der Waals surface area contributed by atoms with Crippen molar-refractivity contribution in [2.75, 3.05) is 0 Å². The third-order valence-electron chi connectivity index (χ3n) is 10.7. The van der Waals surface area contributed by atoms with Crippen molar-refractivity contribution in [3.8, 4) is 28.7 Å². The van der Waals surface area contributed by atoms with Gasteiger partial charge in [0.25, 0.3) is 0 Å². The average Bonchev–Trinajstić information content (AvgIpc) is 3.58. The molecule has 1 saturated carbocycles. The van der Waals surface area contributed by atoms with Gasteiger partial charge < -0.3 is 18.3 Å². The molecular formula is C41H52N2O4P2. The molecular weight excluding hydrogens is 646 g/mol. The second-order valence-corrected chi connectivity index (χ2v) is 18.7. The summed E-state index contributed by atoms with van der Waals surface area (Å²) in [6.45, 7) is 22.4. The lowest BCUT2D eigenvalue weighted by Crippen LogP contribution is -2.34. The van der Waals surface area contributed by atoms with E-state index in [1.807, 2.05) is 0 Å². The summed E-state index contributed by atoms with van der Waals surface area (Å²) >= 11 is 0. The maximum Gasteiger partial charge on any atom is 0.382 e. The van der Waals surface area contributed by atoms with Gasteiger partial charge in [0.05, 0.1) is 0 Å². The predicted octanol–water partition coefficient (Wildman–Crippen LogP) is 11.6. The largest absolute Gasteiger partial charge is 0.451 e. The quantitative estimate of drug-likeness (QED) is 0.210. The second kappa shape index (κ2) is 12.6. The molecule has 260 valence electrons. The first-order valence-corrected chi connectivity index (χ1v) is 19.8. The Labute approximate surface area is 296 Å². The standard InChI is InChI=1S/C41H52N2O4P2/c1-25-18-19-26(2)43(25)48-45-35-23-29(39(3,4)5)21-31-37(35)44-38-32(41(31,9)10)22-30(40(6,7)8)24-36(38)47-49-42-33-16-13-15-27(33)20-28-14-11-12-17-34(28)46-49/h11-12,14,17-19,21-24,27,33,42,48H,13,15-16,20H2,1-10H3. The van der Waals surface area contributed by atoms with Crippen LogP contribution in [0.3, 0.4) is 0 Å². The highest BCUT2D eigenvalue weighted by molar-refractivity contribution is 7.45. The Morgan fingerprint density at radius 1 is 0.837 bits per heavy atom. The van der Waals surface area contributed by atoms with Crippen molar-refractivity contribution in [1.82, 2.24) is 9.42 Å². The molecule has 7 rings (SSSR count). The molecule has 6 nitrogen and oxygen atoms in total. The van der Waals surface area contributed by atoms with Crippen LogP contribution in [0.2, 0.25) is 0 Å². The summed E-state index contributed by atoms with van der Waals surface area (Å²) < 4.78 is 29.8. The van der Waals surface area contributed by atoms with E-state index in [-0.39, 0.29) is 19.8 Å². The minimum absolute atomic E-state index is 0.0777. The van der Waals surface area contributed by atoms with Crippen LogP contribution in [0.25, 0.3) is 0 Å². The molecule has 0 radical (unpaired) electrons. The molecule has 1 aliphatic carbocycles. The molecule has 0 spiro atoms. The average molecular weight is 699 g/mol. The van der Waals surface area contributed by atoms with Gasteiger partial charge in [-0.3, -0.25) is 4.34 Å². The van der Waals surface area contributed by atoms with E-state index < -0.39 is 13.9 Å². The monoisotopic (exact) mass is 698 g/mol. The van der Waals surface area contributed by atoms with Gasteiger partial charge in [-0.25, -0.2) is 5.09 Å². The lowest BCUT2D eigenvalue weighted by molar-refractivity contribution is 0.363. The number of nitrogens with zero attached hydrogens (tertiary/aromatic N) is 1. The van der Waals surface area contributed by atoms with Crippen LogP contribution in [0.5, 0.6) is 28.7 Å². The minimum Gasteiger partial charge on any atom is -0.451 e. The molecule has 1 fully saturated rings. The van der Waals surface area contributed by atoms with E-state index in [1.165, 1.54) is 40.9 Å². The Kier molecular flexibility index (Phi) is 8.87. The summed E-state index contributed by atoms with van der Waals surface area (Å²) in [7, 11) is -1.41. The Morgan fingerprint density at radius 3 is 2.10 bits per heavy atom. The number of fused-ring (bicyclic) bond motifs is 4. The maximum atomic E-state index is 7.07. The highest BCUT2D eigenvalue weighted by Gasteiger charge is 2.42. The molecule has 0 amide bonds. The van der Waals surface area contributed by atoms with Crippen LogP contribution in [0.15, 0.2) is 60.7 Å². The van der Waals surface area contributed by atoms with Crippen LogP contribution < -0.4 is 23.4 Å². The first-order valence-electron chi connectivity index (χ1n) is 17.7. The van der Waals surface area contributed by atoms with Crippen LogP contribution >= 0.6 is 17.5 Å². The van der Waals surface area contributed by atoms with Gasteiger partial charge in [-0.2, -0.15) is 0 Å². The third-order valence-corrected chi connectivity index (χ3v) is 13.1. The van der Waals surface area contributed by atoms with Gasteiger partial charge in [0.1, 0.15) is 5.75 Å². The zero-order valence-corrected chi connectivity index (χ0v) is 32.7. The molecule has 3 aromatic carbocycles. The van der Waals surface area contributed by atoms with Crippen LogP contribution in [0.1, 0.15) is 114 Å². The number of aryl methyl sites for hydroxylation is 2. The summed E-state index contributed by atoms with van der Waals surface area (Å²) in [6.07, 6.45) is 4.61. The highest BCUT2D eigenvalue weighted by Crippen LogP contribution is 2.58. The highest BCUT2D eigenvalue weighted by atomic mass is 31.2. The topological polar surface area (TPSA) is 53.9 Å². The van der Waals surface area contributed by atoms with Crippen LogP contribution in [0, 0.1) is 19.8 Å². The molecule has 4 aromatic rings. The smallest absolute Gasteiger partial charge is 0.382 e. The van der Waals surface area contributed by atoms with Crippen molar-refractivity contribution in [3.05, 3.63) is 99.9 Å². The summed E-state index contributed by atoms with van der Waals surface area (Å²) in [6, 6.07) is 22.1. The van der Waals surface area contributed by atoms with Gasteiger partial charge in [-0.1, -0.05) is 92.1 Å². The van der Waals surface area contributed by atoms with Gasteiger partial charge >= 0.3 is 8.53 Å². The van der Waals surface area contributed by atoms with E-state index in [4.69, 9.17) is 18.3 Å². The van der Waals surface area contributed by atoms with E-state index >= 15 is 0 Å². The number of ether oxygens (including phenoxy) is 1. The first kappa shape index (κ1) is 34.4. The number of benzene rings is 3. The molecule has 4 atom stereocenters. The zero-order valence-electron chi connectivity index (χ0n) is 30.8. The molecule has 3 heterocycles. The van der Waals surface area contributed by atoms with E-state index in [9.17, 15) is 0 Å². The number of aromatic nitrogens is 1. The summed E-state index contributed by atoms with van der Waals surface area (Å²) in [4.78, 5) is 0. The summed E-state index contributed by atoms with van der Waals surface area (Å²) in [5, 5.41) is 3.83. The van der Waals surface area contributed by atoms with Crippen molar-refractivity contribution in [1.29, 1.82) is 0 Å². The maximum absolute atomic E-state index is 7.07. The molecule has 49 heavy (non-hydrogen) atoms. The lowest BCUT2D eigenvalue weighted by atomic mass is 9.72. The number of hydrogen-bond acceptors (Lipinski definition) is 5. The second-order valence-electron chi connectivity index (χ2n) is 16.8. The number of rotatable bonds is 5. The zero-order chi connectivity index (χ0) is 34.9. The van der Waals surface area contributed by atoms with E-state index in [1.54, 1.807) is 0 Å². The molecule has 1 N–H and O–H groups in total. The molecule has 0 saturated heterocycles. The summed E-state index contributed by atoms with van der Waals surface area (Å²) in [5.74, 6) is 4.43. The lowest BCUT2D eigenvalue weighted by Gasteiger charge is -2.39. The van der Waals surface area contributed by atoms with E-state index in [2.05, 4.69) is 139 Å². The normalized spacial score (nSPS) is 21.5. The molecule has 8 heteroatoms. The number of nitrogens with one attached hydrogen (secondary N) is 1. The van der Waals surface area contributed by atoms with Gasteiger partial charge in [-0.05, 0) is 96.9 Å². The van der Waals surface area contributed by atoms with Gasteiger partial charge in [0.15, 0.2) is 32.0 Å². The van der Waals surface area contributed by atoms with Crippen molar-refractivity contribution in [2.24, 2.45) is 5.92 Å². The molecule has 4 unspecified atom stereocenters. The van der Waals surface area contributed by atoms with Crippen molar-refractivity contribution in [2.45, 2.75) is 117 Å². The predicted molar refractivity (Wildman–Crippen MR) is 203 cm³/mol. The van der Waals surface area contributed by atoms with Crippen LogP contribution in [0.4, 0.5) is 0 Å².